The van der Waals surface area contributed by atoms with Gasteiger partial charge in [-0.1, -0.05) is 18.7 Å². The largest absolute Gasteiger partial charge is 0.316 e. The third-order valence-corrected chi connectivity index (χ3v) is 0.806. The maximum atomic E-state index is 3.78. The third kappa shape index (κ3) is 10.2. The lowest BCUT2D eigenvalue weighted by Crippen LogP contribution is -2.07. The molecule has 0 heterocycles. The Hall–Kier alpha value is -0.820. The van der Waals surface area contributed by atoms with E-state index in [0.717, 1.165) is 12.1 Å². The van der Waals surface area contributed by atoms with Crippen LogP contribution in [0.5, 0.6) is 0 Å². The SMILES string of the molecule is C=C.C=C(/C=C\C)CNC. The van der Waals surface area contributed by atoms with Crippen LogP contribution in [0, 0.1) is 0 Å². The Morgan fingerprint density at radius 3 is 2.30 bits per heavy atom. The van der Waals surface area contributed by atoms with Crippen LogP contribution in [0.3, 0.4) is 0 Å². The molecule has 0 saturated carbocycles. The zero-order chi connectivity index (χ0) is 8.41. The van der Waals surface area contributed by atoms with E-state index in [9.17, 15) is 0 Å². The second-order valence-electron chi connectivity index (χ2n) is 1.69. The van der Waals surface area contributed by atoms with E-state index in [-0.39, 0.29) is 0 Å². The first-order valence-electron chi connectivity index (χ1n) is 3.26. The van der Waals surface area contributed by atoms with E-state index in [2.05, 4.69) is 25.1 Å². The van der Waals surface area contributed by atoms with Crippen LogP contribution < -0.4 is 5.32 Å². The second-order valence-corrected chi connectivity index (χ2v) is 1.69. The van der Waals surface area contributed by atoms with E-state index in [4.69, 9.17) is 0 Å². The molecule has 0 aliphatic rings. The fraction of sp³-hybridized carbons (Fsp3) is 0.333. The van der Waals surface area contributed by atoms with Crippen molar-refractivity contribution >= 4 is 0 Å². The maximum Gasteiger partial charge on any atom is 0.0196 e. The molecular weight excluding hydrogens is 122 g/mol. The molecule has 1 N–H and O–H groups in total. The number of hydrogen-bond acceptors (Lipinski definition) is 1. The highest BCUT2D eigenvalue weighted by Crippen LogP contribution is 1.87. The van der Waals surface area contributed by atoms with Crippen LogP contribution in [-0.4, -0.2) is 13.6 Å². The van der Waals surface area contributed by atoms with Gasteiger partial charge in [0.1, 0.15) is 0 Å². The van der Waals surface area contributed by atoms with Gasteiger partial charge >= 0.3 is 0 Å². The summed E-state index contributed by atoms with van der Waals surface area (Å²) < 4.78 is 0. The van der Waals surface area contributed by atoms with Gasteiger partial charge < -0.3 is 5.32 Å². The van der Waals surface area contributed by atoms with Crippen molar-refractivity contribution in [2.45, 2.75) is 6.92 Å². The Kier molecular flexibility index (Phi) is 13.2. The van der Waals surface area contributed by atoms with Crippen molar-refractivity contribution in [1.29, 1.82) is 0 Å². The highest BCUT2D eigenvalue weighted by Gasteiger charge is 1.79. The number of rotatable bonds is 3. The molecule has 0 unspecified atom stereocenters. The Morgan fingerprint density at radius 2 is 2.00 bits per heavy atom. The summed E-state index contributed by atoms with van der Waals surface area (Å²) in [6.07, 6.45) is 3.98. The van der Waals surface area contributed by atoms with Gasteiger partial charge in [-0.3, -0.25) is 0 Å². The molecule has 0 spiro atoms. The molecule has 0 aliphatic carbocycles. The standard InChI is InChI=1S/C7H13N.C2H4/c1-4-5-7(2)6-8-3;1-2/h4-5,8H,2,6H2,1,3H3;1-2H2/b5-4-;. The molecule has 0 aromatic heterocycles. The molecular formula is C9H17N. The van der Waals surface area contributed by atoms with Gasteiger partial charge in [0.15, 0.2) is 0 Å². The lowest BCUT2D eigenvalue weighted by atomic mass is 10.3. The van der Waals surface area contributed by atoms with E-state index in [1.54, 1.807) is 0 Å². The fourth-order valence-corrected chi connectivity index (χ4v) is 0.522. The minimum atomic E-state index is 0.879. The van der Waals surface area contributed by atoms with Crippen molar-refractivity contribution in [1.82, 2.24) is 5.32 Å². The molecule has 0 aromatic rings. The van der Waals surface area contributed by atoms with Gasteiger partial charge in [-0.2, -0.15) is 0 Å². The molecule has 0 rings (SSSR count). The first-order chi connectivity index (χ1) is 4.81. The van der Waals surface area contributed by atoms with Crippen LogP contribution in [0.25, 0.3) is 0 Å². The van der Waals surface area contributed by atoms with Crippen molar-refractivity contribution in [2.24, 2.45) is 0 Å². The van der Waals surface area contributed by atoms with Crippen molar-refractivity contribution in [3.63, 3.8) is 0 Å². The van der Waals surface area contributed by atoms with Crippen molar-refractivity contribution in [3.8, 4) is 0 Å². The summed E-state index contributed by atoms with van der Waals surface area (Å²) in [6, 6.07) is 0. The average Bonchev–Trinajstić information content (AvgIpc) is 1.93. The van der Waals surface area contributed by atoms with Gasteiger partial charge in [0.25, 0.3) is 0 Å². The summed E-state index contributed by atoms with van der Waals surface area (Å²) in [7, 11) is 1.91. The molecule has 0 fully saturated rings. The normalized spacial score (nSPS) is 8.60. The van der Waals surface area contributed by atoms with Crippen molar-refractivity contribution in [3.05, 3.63) is 37.5 Å². The van der Waals surface area contributed by atoms with Crippen LogP contribution >= 0.6 is 0 Å². The Morgan fingerprint density at radius 1 is 1.50 bits per heavy atom. The Labute approximate surface area is 64.1 Å². The molecule has 0 amide bonds. The molecule has 0 aromatic carbocycles. The lowest BCUT2D eigenvalue weighted by Gasteiger charge is -1.94. The smallest absolute Gasteiger partial charge is 0.0196 e. The third-order valence-electron chi connectivity index (χ3n) is 0.806. The number of hydrogen-bond donors (Lipinski definition) is 1. The number of likely N-dealkylation sites (N-methyl/N-ethyl adjacent to an activating group) is 1. The summed E-state index contributed by atoms with van der Waals surface area (Å²) in [5.41, 5.74) is 1.12. The first kappa shape index (κ1) is 11.9. The minimum Gasteiger partial charge on any atom is -0.316 e. The fourth-order valence-electron chi connectivity index (χ4n) is 0.522. The predicted molar refractivity (Wildman–Crippen MR) is 49.1 cm³/mol. The average molecular weight is 139 g/mol. The van der Waals surface area contributed by atoms with Crippen LogP contribution in [0.2, 0.25) is 0 Å². The summed E-state index contributed by atoms with van der Waals surface area (Å²) in [4.78, 5) is 0. The highest BCUT2D eigenvalue weighted by atomic mass is 14.8. The molecule has 0 bridgehead atoms. The van der Waals surface area contributed by atoms with Gasteiger partial charge in [0.05, 0.1) is 0 Å². The molecule has 0 atom stereocenters. The second kappa shape index (κ2) is 11.0. The van der Waals surface area contributed by atoms with Crippen LogP contribution in [0.4, 0.5) is 0 Å². The monoisotopic (exact) mass is 139 g/mol. The zero-order valence-electron chi connectivity index (χ0n) is 6.98. The molecule has 10 heavy (non-hydrogen) atoms. The van der Waals surface area contributed by atoms with E-state index >= 15 is 0 Å². The minimum absolute atomic E-state index is 0.879. The number of allylic oxidation sites excluding steroid dienone is 1. The molecule has 1 nitrogen and oxygen atoms in total. The van der Waals surface area contributed by atoms with Gasteiger partial charge in [-0.25, -0.2) is 0 Å². The lowest BCUT2D eigenvalue weighted by molar-refractivity contribution is 0.898. The maximum absolute atomic E-state index is 3.78. The Bertz CT molecular complexity index is 103. The van der Waals surface area contributed by atoms with Gasteiger partial charge in [-0.15, -0.1) is 13.2 Å². The zero-order valence-corrected chi connectivity index (χ0v) is 6.98. The molecule has 58 valence electrons. The summed E-state index contributed by atoms with van der Waals surface area (Å²) in [6.45, 7) is 12.7. The molecule has 0 saturated heterocycles. The van der Waals surface area contributed by atoms with Gasteiger partial charge in [0, 0.05) is 6.54 Å². The van der Waals surface area contributed by atoms with E-state index in [1.165, 1.54) is 0 Å². The topological polar surface area (TPSA) is 12.0 Å². The van der Waals surface area contributed by atoms with Crippen LogP contribution in [-0.2, 0) is 0 Å². The molecule has 0 radical (unpaired) electrons. The van der Waals surface area contributed by atoms with Crippen molar-refractivity contribution in [2.75, 3.05) is 13.6 Å². The number of nitrogens with one attached hydrogen (secondary N) is 1. The Balaban J connectivity index is 0. The highest BCUT2D eigenvalue weighted by molar-refractivity contribution is 5.14. The van der Waals surface area contributed by atoms with E-state index < -0.39 is 0 Å². The van der Waals surface area contributed by atoms with E-state index in [1.807, 2.05) is 26.1 Å². The van der Waals surface area contributed by atoms with E-state index in [0.29, 0.717) is 0 Å². The molecule has 0 aliphatic heterocycles. The van der Waals surface area contributed by atoms with Gasteiger partial charge in [-0.05, 0) is 19.5 Å². The first-order valence-corrected chi connectivity index (χ1v) is 3.26. The summed E-state index contributed by atoms with van der Waals surface area (Å²) >= 11 is 0. The predicted octanol–water partition coefficient (Wildman–Crippen LogP) is 2.14. The quantitative estimate of drug-likeness (QED) is 0.466. The molecule has 1 heteroatoms. The summed E-state index contributed by atoms with van der Waals surface area (Å²) in [5.74, 6) is 0. The summed E-state index contributed by atoms with van der Waals surface area (Å²) in [5, 5.41) is 3.00. The van der Waals surface area contributed by atoms with Crippen LogP contribution in [0.1, 0.15) is 6.92 Å². The van der Waals surface area contributed by atoms with Crippen molar-refractivity contribution < 1.29 is 0 Å². The van der Waals surface area contributed by atoms with Crippen LogP contribution in [0.15, 0.2) is 37.5 Å². The van der Waals surface area contributed by atoms with Gasteiger partial charge in [0.2, 0.25) is 0 Å².